The molecule has 0 bridgehead atoms. The van der Waals surface area contributed by atoms with Crippen LogP contribution < -0.4 is 0 Å². The number of nitrogens with zero attached hydrogens (tertiary/aromatic N) is 6. The molecule has 168 valence electrons. The first-order valence-electron chi connectivity index (χ1n) is 9.85. The average molecular weight is 471 g/mol. The van der Waals surface area contributed by atoms with Crippen molar-refractivity contribution in [2.75, 3.05) is 38.5 Å². The molecular weight excluding hydrogens is 448 g/mol. The zero-order valence-electron chi connectivity index (χ0n) is 16.8. The Morgan fingerprint density at radius 1 is 1.23 bits per heavy atom. The molecule has 12 nitrogen and oxygen atoms in total. The van der Waals surface area contributed by atoms with E-state index in [0.29, 0.717) is 11.2 Å². The molecule has 2 aliphatic rings. The number of piperazine rings is 1. The number of rotatable bonds is 8. The summed E-state index contributed by atoms with van der Waals surface area (Å²) in [7, 11) is -3.91. The fourth-order valence-electron chi connectivity index (χ4n) is 3.12. The molecule has 14 heteroatoms. The quantitative estimate of drug-likeness (QED) is 0.393. The standard InChI is InChI=1S/C17H22N6O6S2/c1-2-28-16(25)13-5-6-15(29-13)31(26,27)22-9-7-21(8-10-22)14(24)11-30-17-18-19-20-23(17)12-3-4-12/h5-6,12H,2-4,7-11H2,1H3. The van der Waals surface area contributed by atoms with E-state index in [4.69, 9.17) is 9.15 Å². The number of amides is 1. The maximum Gasteiger partial charge on any atom is 0.374 e. The van der Waals surface area contributed by atoms with E-state index in [1.807, 2.05) is 0 Å². The molecule has 1 aliphatic carbocycles. The number of sulfonamides is 1. The molecule has 0 N–H and O–H groups in total. The topological polar surface area (TPSA) is 141 Å². The van der Waals surface area contributed by atoms with Crippen LogP contribution in [0.15, 0.2) is 26.8 Å². The largest absolute Gasteiger partial charge is 0.460 e. The van der Waals surface area contributed by atoms with E-state index < -0.39 is 16.0 Å². The fraction of sp³-hybridized carbons (Fsp3) is 0.588. The first-order valence-corrected chi connectivity index (χ1v) is 12.3. The molecule has 1 aliphatic heterocycles. The van der Waals surface area contributed by atoms with Gasteiger partial charge in [-0.25, -0.2) is 17.9 Å². The van der Waals surface area contributed by atoms with Crippen LogP contribution >= 0.6 is 11.8 Å². The lowest BCUT2D eigenvalue weighted by Crippen LogP contribution is -2.50. The van der Waals surface area contributed by atoms with Crippen LogP contribution in [0.25, 0.3) is 0 Å². The van der Waals surface area contributed by atoms with Crippen molar-refractivity contribution in [2.24, 2.45) is 0 Å². The molecule has 0 atom stereocenters. The highest BCUT2D eigenvalue weighted by atomic mass is 32.2. The molecular formula is C17H22N6O6S2. The Morgan fingerprint density at radius 2 is 1.97 bits per heavy atom. The van der Waals surface area contributed by atoms with E-state index in [2.05, 4.69) is 15.5 Å². The maximum absolute atomic E-state index is 12.8. The van der Waals surface area contributed by atoms with Crippen molar-refractivity contribution in [1.82, 2.24) is 29.4 Å². The number of hydrogen-bond acceptors (Lipinski definition) is 10. The summed E-state index contributed by atoms with van der Waals surface area (Å²) in [4.78, 5) is 25.9. The van der Waals surface area contributed by atoms with E-state index in [9.17, 15) is 18.0 Å². The average Bonchev–Trinajstić information content (AvgIpc) is 3.28. The lowest BCUT2D eigenvalue weighted by Gasteiger charge is -2.33. The van der Waals surface area contributed by atoms with Crippen molar-refractivity contribution in [2.45, 2.75) is 36.1 Å². The summed E-state index contributed by atoms with van der Waals surface area (Å²) in [5.41, 5.74) is 0. The van der Waals surface area contributed by atoms with Gasteiger partial charge in [-0.1, -0.05) is 11.8 Å². The van der Waals surface area contributed by atoms with Gasteiger partial charge < -0.3 is 14.1 Å². The van der Waals surface area contributed by atoms with Gasteiger partial charge in [-0.05, 0) is 42.3 Å². The minimum Gasteiger partial charge on any atom is -0.460 e. The van der Waals surface area contributed by atoms with Crippen molar-refractivity contribution in [3.8, 4) is 0 Å². The van der Waals surface area contributed by atoms with Crippen LogP contribution in [0.2, 0.25) is 0 Å². The normalized spacial score (nSPS) is 17.6. The summed E-state index contributed by atoms with van der Waals surface area (Å²) < 4.78 is 38.6. The molecule has 1 saturated carbocycles. The summed E-state index contributed by atoms with van der Waals surface area (Å²) >= 11 is 1.28. The summed E-state index contributed by atoms with van der Waals surface area (Å²) in [6, 6.07) is 2.84. The van der Waals surface area contributed by atoms with Crippen LogP contribution in [-0.4, -0.2) is 88.2 Å². The lowest BCUT2D eigenvalue weighted by atomic mass is 10.3. The highest BCUT2D eigenvalue weighted by Gasteiger charge is 2.33. The molecule has 0 radical (unpaired) electrons. The highest BCUT2D eigenvalue weighted by molar-refractivity contribution is 7.99. The van der Waals surface area contributed by atoms with Crippen LogP contribution in [0.5, 0.6) is 0 Å². The number of furan rings is 1. The third-order valence-electron chi connectivity index (χ3n) is 4.92. The number of tetrazole rings is 1. The van der Waals surface area contributed by atoms with Gasteiger partial charge in [0.1, 0.15) is 0 Å². The SMILES string of the molecule is CCOC(=O)c1ccc(S(=O)(=O)N2CCN(C(=O)CSc3nnnn3C3CC3)CC2)o1. The van der Waals surface area contributed by atoms with Crippen LogP contribution in [0.4, 0.5) is 0 Å². The predicted octanol–water partition coefficient (Wildman–Crippen LogP) is 0.403. The van der Waals surface area contributed by atoms with E-state index in [1.54, 1.807) is 16.5 Å². The number of thioether (sulfide) groups is 1. The minimum absolute atomic E-state index is 0.102. The summed E-state index contributed by atoms with van der Waals surface area (Å²) in [6.45, 7) is 2.59. The van der Waals surface area contributed by atoms with Crippen molar-refractivity contribution in [1.29, 1.82) is 0 Å². The summed E-state index contributed by atoms with van der Waals surface area (Å²) in [6.07, 6.45) is 2.08. The molecule has 31 heavy (non-hydrogen) atoms. The van der Waals surface area contributed by atoms with E-state index in [-0.39, 0.29) is 55.3 Å². The van der Waals surface area contributed by atoms with Crippen LogP contribution in [0.3, 0.4) is 0 Å². The molecule has 2 fully saturated rings. The predicted molar refractivity (Wildman–Crippen MR) is 107 cm³/mol. The summed E-state index contributed by atoms with van der Waals surface area (Å²) in [5.74, 6) is -0.805. The number of ether oxygens (including phenoxy) is 1. The Kier molecular flexibility index (Phi) is 6.29. The Morgan fingerprint density at radius 3 is 2.65 bits per heavy atom. The smallest absolute Gasteiger partial charge is 0.374 e. The molecule has 4 rings (SSSR count). The first-order chi connectivity index (χ1) is 14.9. The van der Waals surface area contributed by atoms with E-state index >= 15 is 0 Å². The van der Waals surface area contributed by atoms with E-state index in [1.165, 1.54) is 28.2 Å². The maximum atomic E-state index is 12.8. The summed E-state index contributed by atoms with van der Waals surface area (Å²) in [5, 5.41) is 11.9. The second kappa shape index (κ2) is 8.96. The molecule has 0 spiro atoms. The molecule has 2 aromatic heterocycles. The zero-order chi connectivity index (χ0) is 22.0. The van der Waals surface area contributed by atoms with Crippen molar-refractivity contribution in [3.05, 3.63) is 17.9 Å². The third-order valence-corrected chi connectivity index (χ3v) is 7.61. The molecule has 0 unspecified atom stereocenters. The number of carbonyl (C=O) groups excluding carboxylic acids is 2. The number of hydrogen-bond donors (Lipinski definition) is 0. The van der Waals surface area contributed by atoms with Crippen molar-refractivity contribution >= 4 is 33.7 Å². The number of aromatic nitrogens is 4. The van der Waals surface area contributed by atoms with Gasteiger partial charge in [-0.2, -0.15) is 4.31 Å². The molecule has 1 saturated heterocycles. The Hall–Kier alpha value is -2.45. The van der Waals surface area contributed by atoms with Gasteiger partial charge in [0, 0.05) is 26.2 Å². The number of esters is 1. The monoisotopic (exact) mass is 470 g/mol. The van der Waals surface area contributed by atoms with Crippen LogP contribution in [0.1, 0.15) is 36.4 Å². The minimum atomic E-state index is -3.91. The Balaban J connectivity index is 1.30. The van der Waals surface area contributed by atoms with Gasteiger partial charge in [0.2, 0.25) is 21.9 Å². The third kappa shape index (κ3) is 4.75. The van der Waals surface area contributed by atoms with Gasteiger partial charge >= 0.3 is 5.97 Å². The Labute approximate surface area is 182 Å². The van der Waals surface area contributed by atoms with Gasteiger partial charge in [0.15, 0.2) is 0 Å². The van der Waals surface area contributed by atoms with Crippen LogP contribution in [-0.2, 0) is 19.6 Å². The van der Waals surface area contributed by atoms with Gasteiger partial charge in [0.05, 0.1) is 18.4 Å². The van der Waals surface area contributed by atoms with Gasteiger partial charge in [-0.3, -0.25) is 4.79 Å². The molecule has 3 heterocycles. The lowest BCUT2D eigenvalue weighted by molar-refractivity contribution is -0.129. The highest BCUT2D eigenvalue weighted by Crippen LogP contribution is 2.36. The van der Waals surface area contributed by atoms with Crippen LogP contribution in [0, 0.1) is 0 Å². The van der Waals surface area contributed by atoms with Gasteiger partial charge in [-0.15, -0.1) is 5.10 Å². The number of carbonyl (C=O) groups is 2. The Bertz CT molecular complexity index is 1050. The van der Waals surface area contributed by atoms with Crippen molar-refractivity contribution in [3.63, 3.8) is 0 Å². The molecule has 1 amide bonds. The van der Waals surface area contributed by atoms with Crippen molar-refractivity contribution < 1.29 is 27.2 Å². The van der Waals surface area contributed by atoms with Gasteiger partial charge in [0.25, 0.3) is 10.0 Å². The second-order valence-electron chi connectivity index (χ2n) is 7.05. The molecule has 2 aromatic rings. The fourth-order valence-corrected chi connectivity index (χ4v) is 5.30. The van der Waals surface area contributed by atoms with E-state index in [0.717, 1.165) is 12.8 Å². The zero-order valence-corrected chi connectivity index (χ0v) is 18.5. The second-order valence-corrected chi connectivity index (χ2v) is 9.86. The molecule has 0 aromatic carbocycles. The first kappa shape index (κ1) is 21.8.